The molecule has 0 fully saturated rings. The molecule has 0 aliphatic rings. The molecule has 4 aromatic rings. The highest BCUT2D eigenvalue weighted by Crippen LogP contribution is 2.25. The minimum absolute atomic E-state index is 0.156. The van der Waals surface area contributed by atoms with Crippen LogP contribution in [-0.4, -0.2) is 15.7 Å². The predicted octanol–water partition coefficient (Wildman–Crippen LogP) is 6.80. The first-order valence-electron chi connectivity index (χ1n) is 13.0. The Hall–Kier alpha value is -4.24. The third-order valence-electron chi connectivity index (χ3n) is 6.36. The van der Waals surface area contributed by atoms with E-state index in [4.69, 9.17) is 9.72 Å². The summed E-state index contributed by atoms with van der Waals surface area (Å²) in [5.41, 5.74) is 5.03. The Balaban J connectivity index is 1.76. The molecule has 4 rings (SSSR count). The average molecular weight is 510 g/mol. The molecule has 0 unspecified atom stereocenters. The minimum Gasteiger partial charge on any atom is -0.488 e. The van der Waals surface area contributed by atoms with E-state index in [0.717, 1.165) is 28.8 Å². The van der Waals surface area contributed by atoms with Crippen molar-refractivity contribution >= 4 is 0 Å². The van der Waals surface area contributed by atoms with Crippen LogP contribution in [0, 0.1) is 17.1 Å². The monoisotopic (exact) mass is 509 g/mol. The second-order valence-corrected chi connectivity index (χ2v) is 9.51. The molecule has 0 bridgehead atoms. The molecule has 1 heterocycles. The van der Waals surface area contributed by atoms with Crippen LogP contribution in [0.3, 0.4) is 0 Å². The van der Waals surface area contributed by atoms with Crippen LogP contribution in [0.1, 0.15) is 62.3 Å². The molecule has 3 aromatic carbocycles. The van der Waals surface area contributed by atoms with Gasteiger partial charge in [0, 0.05) is 24.5 Å². The van der Waals surface area contributed by atoms with Gasteiger partial charge in [-0.15, -0.1) is 0 Å². The Morgan fingerprint density at radius 1 is 1.05 bits per heavy atom. The van der Waals surface area contributed by atoms with Crippen molar-refractivity contribution in [3.8, 4) is 28.6 Å². The summed E-state index contributed by atoms with van der Waals surface area (Å²) >= 11 is 0. The highest BCUT2D eigenvalue weighted by molar-refractivity contribution is 5.70. The summed E-state index contributed by atoms with van der Waals surface area (Å²) in [4.78, 5) is 18.8. The molecule has 0 aliphatic heterocycles. The summed E-state index contributed by atoms with van der Waals surface area (Å²) in [5, 5.41) is 9.45. The average Bonchev–Trinajstić information content (AvgIpc) is 2.92. The number of benzene rings is 3. The van der Waals surface area contributed by atoms with Crippen molar-refractivity contribution in [1.82, 2.24) is 9.55 Å². The van der Waals surface area contributed by atoms with Crippen LogP contribution in [0.4, 0.5) is 4.39 Å². The molecule has 1 aromatic heterocycles. The topological polar surface area (TPSA) is 67.9 Å². The molecule has 0 amide bonds. The lowest BCUT2D eigenvalue weighted by Crippen LogP contribution is -2.29. The second-order valence-electron chi connectivity index (χ2n) is 9.51. The molecular weight excluding hydrogens is 477 g/mol. The van der Waals surface area contributed by atoms with E-state index in [1.807, 2.05) is 63.2 Å². The van der Waals surface area contributed by atoms with Gasteiger partial charge in [-0.2, -0.15) is 5.26 Å². The molecule has 0 aliphatic carbocycles. The van der Waals surface area contributed by atoms with Gasteiger partial charge in [0.2, 0.25) is 0 Å². The van der Waals surface area contributed by atoms with Crippen molar-refractivity contribution in [3.63, 3.8) is 0 Å². The van der Waals surface area contributed by atoms with Crippen LogP contribution >= 0.6 is 0 Å². The maximum absolute atomic E-state index is 14.9. The largest absolute Gasteiger partial charge is 0.488 e. The lowest BCUT2D eigenvalue weighted by Gasteiger charge is -2.18. The summed E-state index contributed by atoms with van der Waals surface area (Å²) in [6.45, 7) is 7.68. The van der Waals surface area contributed by atoms with Crippen LogP contribution < -0.4 is 10.3 Å². The van der Waals surface area contributed by atoms with Crippen LogP contribution in [0.5, 0.6) is 5.75 Å². The number of hydrogen-bond acceptors (Lipinski definition) is 4. The third-order valence-corrected chi connectivity index (χ3v) is 6.36. The molecule has 194 valence electrons. The fraction of sp³-hybridized carbons (Fsp3) is 0.281. The first kappa shape index (κ1) is 26.8. The number of aromatic nitrogens is 2. The van der Waals surface area contributed by atoms with E-state index in [2.05, 4.69) is 13.0 Å². The van der Waals surface area contributed by atoms with Gasteiger partial charge < -0.3 is 4.74 Å². The molecule has 5 nitrogen and oxygen atoms in total. The lowest BCUT2D eigenvalue weighted by molar-refractivity contribution is 0.231. The zero-order chi connectivity index (χ0) is 27.2. The van der Waals surface area contributed by atoms with Gasteiger partial charge in [-0.1, -0.05) is 62.7 Å². The van der Waals surface area contributed by atoms with Crippen LogP contribution in [0.15, 0.2) is 71.5 Å². The van der Waals surface area contributed by atoms with Crippen LogP contribution in [-0.2, 0) is 19.3 Å². The Bertz CT molecular complexity index is 1530. The maximum atomic E-state index is 14.9. The fourth-order valence-electron chi connectivity index (χ4n) is 4.59. The van der Waals surface area contributed by atoms with Crippen molar-refractivity contribution < 1.29 is 9.13 Å². The van der Waals surface area contributed by atoms with E-state index >= 15 is 0 Å². The van der Waals surface area contributed by atoms with E-state index in [9.17, 15) is 14.4 Å². The highest BCUT2D eigenvalue weighted by Gasteiger charge is 2.19. The number of nitrogens with zero attached hydrogens (tertiary/aromatic N) is 3. The Morgan fingerprint density at radius 2 is 1.79 bits per heavy atom. The van der Waals surface area contributed by atoms with Gasteiger partial charge in [0.15, 0.2) is 11.6 Å². The SMILES string of the molecule is CCCc1nc(CC)n(-c2ccc(OC(C)C)c(F)c2)c(=O)c1Cc1ccc(-c2ccccc2C#N)cc1. The summed E-state index contributed by atoms with van der Waals surface area (Å²) < 4.78 is 21.9. The molecule has 0 saturated heterocycles. The standard InChI is InChI=1S/C32H32FN3O2/c1-5-9-29-27(18-22-12-14-23(15-13-22)26-11-8-7-10-24(26)20-34)32(37)36(31(6-2)35-29)25-16-17-30(28(33)19-25)38-21(3)4/h7-8,10-17,19,21H,5-6,9,18H2,1-4H3. The number of hydrogen-bond donors (Lipinski definition) is 0. The number of aryl methyl sites for hydroxylation is 2. The van der Waals surface area contributed by atoms with Gasteiger partial charge in [-0.25, -0.2) is 9.37 Å². The molecule has 0 saturated carbocycles. The predicted molar refractivity (Wildman–Crippen MR) is 148 cm³/mol. The van der Waals surface area contributed by atoms with Crippen molar-refractivity contribution in [3.05, 3.63) is 111 Å². The van der Waals surface area contributed by atoms with Gasteiger partial charge in [-0.05, 0) is 55.2 Å². The van der Waals surface area contributed by atoms with Crippen molar-refractivity contribution in [2.24, 2.45) is 0 Å². The van der Waals surface area contributed by atoms with E-state index in [-0.39, 0.29) is 17.4 Å². The Kier molecular flexibility index (Phi) is 8.38. The first-order chi connectivity index (χ1) is 18.4. The van der Waals surface area contributed by atoms with Crippen molar-refractivity contribution in [2.75, 3.05) is 0 Å². The molecule has 0 radical (unpaired) electrons. The van der Waals surface area contributed by atoms with Gasteiger partial charge in [-0.3, -0.25) is 9.36 Å². The van der Waals surface area contributed by atoms with E-state index in [1.165, 1.54) is 10.6 Å². The molecular formula is C32H32FN3O2. The molecule has 0 spiro atoms. The normalized spacial score (nSPS) is 11.0. The van der Waals surface area contributed by atoms with Crippen LogP contribution in [0.25, 0.3) is 16.8 Å². The summed E-state index contributed by atoms with van der Waals surface area (Å²) in [6.07, 6.45) is 2.31. The van der Waals surface area contributed by atoms with Gasteiger partial charge in [0.25, 0.3) is 5.56 Å². The second kappa shape index (κ2) is 11.9. The quantitative estimate of drug-likeness (QED) is 0.249. The van der Waals surface area contributed by atoms with Crippen LogP contribution in [0.2, 0.25) is 0 Å². The molecule has 0 atom stereocenters. The Labute approximate surface area is 223 Å². The highest BCUT2D eigenvalue weighted by atomic mass is 19.1. The van der Waals surface area contributed by atoms with Gasteiger partial charge in [0.1, 0.15) is 5.82 Å². The van der Waals surface area contributed by atoms with Crippen molar-refractivity contribution in [1.29, 1.82) is 5.26 Å². The number of rotatable bonds is 9. The van der Waals surface area contributed by atoms with E-state index in [1.54, 1.807) is 18.2 Å². The number of halogens is 1. The first-order valence-corrected chi connectivity index (χ1v) is 13.0. The van der Waals surface area contributed by atoms with Gasteiger partial charge >= 0.3 is 0 Å². The van der Waals surface area contributed by atoms with E-state index < -0.39 is 5.82 Å². The van der Waals surface area contributed by atoms with E-state index in [0.29, 0.717) is 41.9 Å². The number of ether oxygens (including phenoxy) is 1. The smallest absolute Gasteiger partial charge is 0.261 e. The lowest BCUT2D eigenvalue weighted by atomic mass is 9.97. The van der Waals surface area contributed by atoms with Crippen molar-refractivity contribution in [2.45, 2.75) is 59.5 Å². The summed E-state index contributed by atoms with van der Waals surface area (Å²) in [6, 6.07) is 22.2. The fourth-order valence-corrected chi connectivity index (χ4v) is 4.59. The third kappa shape index (κ3) is 5.68. The minimum atomic E-state index is -0.516. The molecule has 38 heavy (non-hydrogen) atoms. The summed E-state index contributed by atoms with van der Waals surface area (Å²) in [7, 11) is 0. The molecule has 6 heteroatoms. The Morgan fingerprint density at radius 3 is 2.42 bits per heavy atom. The zero-order valence-electron chi connectivity index (χ0n) is 22.3. The maximum Gasteiger partial charge on any atom is 0.261 e. The van der Waals surface area contributed by atoms with Gasteiger partial charge in [0.05, 0.1) is 29.1 Å². The number of nitriles is 1. The summed E-state index contributed by atoms with van der Waals surface area (Å²) in [5.74, 6) is 0.240. The molecule has 0 N–H and O–H groups in total. The zero-order valence-corrected chi connectivity index (χ0v) is 22.3.